The summed E-state index contributed by atoms with van der Waals surface area (Å²) in [7, 11) is 4.29. The molecule has 0 spiro atoms. The van der Waals surface area contributed by atoms with Crippen LogP contribution in [0.2, 0.25) is 0 Å². The largest absolute Gasteiger partial charge is 0.387 e. The Morgan fingerprint density at radius 3 is 2.56 bits per heavy atom. The van der Waals surface area contributed by atoms with Crippen LogP contribution < -0.4 is 5.73 Å². The molecule has 16 heavy (non-hydrogen) atoms. The fourth-order valence-electron chi connectivity index (χ4n) is 2.01. The predicted octanol–water partition coefficient (Wildman–Crippen LogP) is 0.975. The van der Waals surface area contributed by atoms with E-state index in [0.717, 1.165) is 19.5 Å². The molecule has 1 heterocycles. The smallest absolute Gasteiger partial charge is 0.0963 e. The first-order valence-electron chi connectivity index (χ1n) is 6.06. The molecule has 0 aromatic heterocycles. The van der Waals surface area contributed by atoms with E-state index in [1.54, 1.807) is 0 Å². The first-order chi connectivity index (χ1) is 7.33. The molecule has 1 atom stereocenters. The van der Waals surface area contributed by atoms with Crippen LogP contribution in [-0.2, 0) is 0 Å². The van der Waals surface area contributed by atoms with Gasteiger partial charge in [-0.1, -0.05) is 13.8 Å². The molecule has 1 fully saturated rings. The second-order valence-electron chi connectivity index (χ2n) is 5.75. The van der Waals surface area contributed by atoms with E-state index in [-0.39, 0.29) is 5.41 Å². The highest BCUT2D eigenvalue weighted by atomic mass is 15.2. The first-order valence-corrected chi connectivity index (χ1v) is 6.06. The molecule has 0 aromatic rings. The molecule has 0 radical (unpaired) electrons. The molecule has 1 aliphatic rings. The maximum absolute atomic E-state index is 7.53. The monoisotopic (exact) mass is 226 g/mol. The van der Waals surface area contributed by atoms with E-state index in [4.69, 9.17) is 11.1 Å². The van der Waals surface area contributed by atoms with Crippen LogP contribution in [0.1, 0.15) is 26.7 Å². The minimum absolute atomic E-state index is 0.157. The number of amidine groups is 1. The van der Waals surface area contributed by atoms with E-state index in [2.05, 4.69) is 37.7 Å². The summed E-state index contributed by atoms with van der Waals surface area (Å²) in [6, 6.07) is 0.695. The lowest BCUT2D eigenvalue weighted by Gasteiger charge is -2.26. The molecule has 0 aliphatic carbocycles. The summed E-state index contributed by atoms with van der Waals surface area (Å²) < 4.78 is 0. The van der Waals surface area contributed by atoms with Crippen LogP contribution in [0.5, 0.6) is 0 Å². The number of nitrogens with zero attached hydrogens (tertiary/aromatic N) is 2. The molecular formula is C12H26N4. The van der Waals surface area contributed by atoms with Gasteiger partial charge in [-0.2, -0.15) is 0 Å². The van der Waals surface area contributed by atoms with Gasteiger partial charge >= 0.3 is 0 Å². The molecule has 1 unspecified atom stereocenters. The van der Waals surface area contributed by atoms with Crippen molar-refractivity contribution in [2.24, 2.45) is 11.1 Å². The Balaban J connectivity index is 2.33. The molecule has 1 rings (SSSR count). The van der Waals surface area contributed by atoms with Crippen molar-refractivity contribution in [3.8, 4) is 0 Å². The molecule has 1 aliphatic heterocycles. The van der Waals surface area contributed by atoms with E-state index in [1.165, 1.54) is 13.0 Å². The van der Waals surface area contributed by atoms with Crippen molar-refractivity contribution in [2.45, 2.75) is 32.7 Å². The lowest BCUT2D eigenvalue weighted by molar-refractivity contribution is 0.252. The summed E-state index contributed by atoms with van der Waals surface area (Å²) in [5, 5.41) is 7.53. The van der Waals surface area contributed by atoms with Crippen LogP contribution in [0, 0.1) is 10.8 Å². The predicted molar refractivity (Wildman–Crippen MR) is 68.8 cm³/mol. The standard InChI is InChI=1S/C12H26N4/c1-12(2,11(13)14)6-8-16-7-5-10(9-16)15(3)4/h10H,5-9H2,1-4H3,(H3,13,14). The molecular weight excluding hydrogens is 200 g/mol. The van der Waals surface area contributed by atoms with Crippen molar-refractivity contribution >= 4 is 5.84 Å². The Hall–Kier alpha value is -0.610. The van der Waals surface area contributed by atoms with E-state index < -0.39 is 0 Å². The summed E-state index contributed by atoms with van der Waals surface area (Å²) in [6.07, 6.45) is 2.23. The molecule has 1 saturated heterocycles. The molecule has 0 amide bonds. The van der Waals surface area contributed by atoms with E-state index in [0.29, 0.717) is 11.9 Å². The number of nitrogens with one attached hydrogen (secondary N) is 1. The number of hydrogen-bond acceptors (Lipinski definition) is 3. The van der Waals surface area contributed by atoms with E-state index in [9.17, 15) is 0 Å². The maximum Gasteiger partial charge on any atom is 0.0963 e. The van der Waals surface area contributed by atoms with Crippen LogP contribution in [-0.4, -0.2) is 55.4 Å². The van der Waals surface area contributed by atoms with Crippen molar-refractivity contribution in [1.29, 1.82) is 5.41 Å². The molecule has 3 N–H and O–H groups in total. The zero-order valence-electron chi connectivity index (χ0n) is 11.1. The van der Waals surface area contributed by atoms with Gasteiger partial charge < -0.3 is 15.5 Å². The van der Waals surface area contributed by atoms with Gasteiger partial charge in [0.1, 0.15) is 0 Å². The summed E-state index contributed by atoms with van der Waals surface area (Å²) in [5.74, 6) is 0.302. The van der Waals surface area contributed by atoms with Gasteiger partial charge in [0, 0.05) is 18.0 Å². The highest BCUT2D eigenvalue weighted by Crippen LogP contribution is 2.22. The number of likely N-dealkylation sites (N-methyl/N-ethyl adjacent to an activating group) is 1. The average Bonchev–Trinajstić information content (AvgIpc) is 2.63. The van der Waals surface area contributed by atoms with Gasteiger partial charge in [0.05, 0.1) is 5.84 Å². The Kier molecular flexibility index (Phi) is 4.33. The minimum atomic E-state index is -0.157. The second-order valence-corrected chi connectivity index (χ2v) is 5.75. The quantitative estimate of drug-likeness (QED) is 0.542. The Morgan fingerprint density at radius 2 is 2.12 bits per heavy atom. The highest BCUT2D eigenvalue weighted by Gasteiger charge is 2.27. The fourth-order valence-corrected chi connectivity index (χ4v) is 2.01. The first kappa shape index (κ1) is 13.5. The minimum Gasteiger partial charge on any atom is -0.387 e. The van der Waals surface area contributed by atoms with Crippen LogP contribution in [0.25, 0.3) is 0 Å². The molecule has 4 nitrogen and oxygen atoms in total. The number of hydrogen-bond donors (Lipinski definition) is 2. The zero-order valence-corrected chi connectivity index (χ0v) is 11.1. The second kappa shape index (κ2) is 5.15. The van der Waals surface area contributed by atoms with E-state index in [1.807, 2.05) is 0 Å². The summed E-state index contributed by atoms with van der Waals surface area (Å²) in [6.45, 7) is 7.48. The lowest BCUT2D eigenvalue weighted by atomic mass is 9.88. The third kappa shape index (κ3) is 3.46. The van der Waals surface area contributed by atoms with Gasteiger partial charge in [-0.05, 0) is 40.0 Å². The van der Waals surface area contributed by atoms with Crippen LogP contribution in [0.4, 0.5) is 0 Å². The third-order valence-electron chi connectivity index (χ3n) is 3.76. The zero-order chi connectivity index (χ0) is 12.3. The van der Waals surface area contributed by atoms with Gasteiger partial charge in [0.2, 0.25) is 0 Å². The van der Waals surface area contributed by atoms with Gasteiger partial charge in [0.25, 0.3) is 0 Å². The molecule has 0 aromatic carbocycles. The van der Waals surface area contributed by atoms with Crippen molar-refractivity contribution < 1.29 is 0 Å². The molecule has 94 valence electrons. The Bertz CT molecular complexity index is 247. The van der Waals surface area contributed by atoms with Crippen molar-refractivity contribution in [3.05, 3.63) is 0 Å². The van der Waals surface area contributed by atoms with Crippen LogP contribution in [0.3, 0.4) is 0 Å². The Labute approximate surface area is 99.3 Å². The van der Waals surface area contributed by atoms with Crippen LogP contribution in [0.15, 0.2) is 0 Å². The van der Waals surface area contributed by atoms with Gasteiger partial charge in [-0.15, -0.1) is 0 Å². The summed E-state index contributed by atoms with van der Waals surface area (Å²) in [5.41, 5.74) is 5.43. The maximum atomic E-state index is 7.53. The van der Waals surface area contributed by atoms with Crippen molar-refractivity contribution in [1.82, 2.24) is 9.80 Å². The highest BCUT2D eigenvalue weighted by molar-refractivity contribution is 5.82. The van der Waals surface area contributed by atoms with Gasteiger partial charge in [-0.25, -0.2) is 0 Å². The average molecular weight is 226 g/mol. The van der Waals surface area contributed by atoms with E-state index >= 15 is 0 Å². The topological polar surface area (TPSA) is 56.4 Å². The number of rotatable bonds is 5. The van der Waals surface area contributed by atoms with Gasteiger partial charge in [0.15, 0.2) is 0 Å². The summed E-state index contributed by atoms with van der Waals surface area (Å²) in [4.78, 5) is 4.78. The molecule has 4 heteroatoms. The van der Waals surface area contributed by atoms with Crippen LogP contribution >= 0.6 is 0 Å². The Morgan fingerprint density at radius 1 is 1.50 bits per heavy atom. The normalized spacial score (nSPS) is 22.9. The molecule has 0 saturated carbocycles. The van der Waals surface area contributed by atoms with Crippen molar-refractivity contribution in [2.75, 3.05) is 33.7 Å². The van der Waals surface area contributed by atoms with Gasteiger partial charge in [-0.3, -0.25) is 5.41 Å². The molecule has 0 bridgehead atoms. The SMILES string of the molecule is CN(C)C1CCN(CCC(C)(C)C(=N)N)C1. The third-order valence-corrected chi connectivity index (χ3v) is 3.76. The summed E-state index contributed by atoms with van der Waals surface area (Å²) >= 11 is 0. The van der Waals surface area contributed by atoms with Crippen molar-refractivity contribution in [3.63, 3.8) is 0 Å². The number of nitrogens with two attached hydrogens (primary N) is 1. The number of likely N-dealkylation sites (tertiary alicyclic amines) is 1. The fraction of sp³-hybridized carbons (Fsp3) is 0.917. The lowest BCUT2D eigenvalue weighted by Crippen LogP contribution is -2.36.